The molecule has 0 unspecified atom stereocenters. The molecule has 5 rings (SSSR count). The minimum absolute atomic E-state index is 0.215. The third-order valence-corrected chi connectivity index (χ3v) is 6.93. The van der Waals surface area contributed by atoms with Crippen molar-refractivity contribution in [2.24, 2.45) is 0 Å². The number of hydrogen-bond acceptors (Lipinski definition) is 6. The normalized spacial score (nSPS) is 20.5. The Balaban J connectivity index is 1.12. The van der Waals surface area contributed by atoms with Gasteiger partial charge in [-0.2, -0.15) is 0 Å². The summed E-state index contributed by atoms with van der Waals surface area (Å²) in [6, 6.07) is 10.2. The van der Waals surface area contributed by atoms with E-state index in [0.29, 0.717) is 5.56 Å². The predicted octanol–water partition coefficient (Wildman–Crippen LogP) is 4.00. The zero-order valence-electron chi connectivity index (χ0n) is 18.1. The van der Waals surface area contributed by atoms with Crippen molar-refractivity contribution >= 4 is 11.7 Å². The number of nitrogens with zero attached hydrogens (tertiary/aromatic N) is 3. The van der Waals surface area contributed by atoms with Crippen LogP contribution in [0.25, 0.3) is 0 Å². The second-order valence-corrected chi connectivity index (χ2v) is 8.89. The van der Waals surface area contributed by atoms with E-state index in [1.54, 1.807) is 18.5 Å². The quantitative estimate of drug-likeness (QED) is 0.519. The van der Waals surface area contributed by atoms with E-state index in [9.17, 15) is 4.79 Å². The van der Waals surface area contributed by atoms with E-state index in [4.69, 9.17) is 9.47 Å². The summed E-state index contributed by atoms with van der Waals surface area (Å²) in [4.78, 5) is 21.4. The molecule has 2 fully saturated rings. The number of pyridine rings is 1. The average Bonchev–Trinajstić information content (AvgIpc) is 3.10. The third-order valence-electron chi connectivity index (χ3n) is 6.93. The summed E-state index contributed by atoms with van der Waals surface area (Å²) in [5.41, 5.74) is 2.30. The molecule has 0 amide bonds. The second-order valence-electron chi connectivity index (χ2n) is 8.89. The number of likely N-dealkylation sites (tertiary alicyclic amines) is 1. The highest BCUT2D eigenvalue weighted by atomic mass is 16.6. The van der Waals surface area contributed by atoms with Gasteiger partial charge in [-0.3, -0.25) is 4.98 Å². The van der Waals surface area contributed by atoms with Crippen molar-refractivity contribution in [3.05, 3.63) is 53.9 Å². The van der Waals surface area contributed by atoms with Crippen LogP contribution in [0.1, 0.15) is 54.4 Å². The predicted molar refractivity (Wildman–Crippen MR) is 120 cm³/mol. The molecule has 6 nitrogen and oxygen atoms in total. The van der Waals surface area contributed by atoms with E-state index in [-0.39, 0.29) is 5.97 Å². The first-order chi connectivity index (χ1) is 15.2. The zero-order valence-corrected chi connectivity index (χ0v) is 18.1. The van der Waals surface area contributed by atoms with Crippen molar-refractivity contribution in [1.29, 1.82) is 0 Å². The van der Waals surface area contributed by atoms with Crippen LogP contribution in [-0.2, 0) is 10.3 Å². The van der Waals surface area contributed by atoms with Crippen molar-refractivity contribution in [2.45, 2.75) is 44.1 Å². The molecule has 31 heavy (non-hydrogen) atoms. The Hall–Kier alpha value is -2.60. The van der Waals surface area contributed by atoms with E-state index < -0.39 is 5.60 Å². The summed E-state index contributed by atoms with van der Waals surface area (Å²) in [6.45, 7) is 6.08. The average molecular weight is 422 g/mol. The van der Waals surface area contributed by atoms with Crippen LogP contribution >= 0.6 is 0 Å². The molecule has 164 valence electrons. The Kier molecular flexibility index (Phi) is 5.81. The lowest BCUT2D eigenvalue weighted by Crippen LogP contribution is -2.42. The summed E-state index contributed by atoms with van der Waals surface area (Å²) in [5.74, 6) is 0.716. The number of rotatable bonds is 6. The molecular weight excluding hydrogens is 390 g/mol. The summed E-state index contributed by atoms with van der Waals surface area (Å²) in [7, 11) is 0. The molecular formula is C25H31N3O3. The van der Waals surface area contributed by atoms with Gasteiger partial charge in [0.2, 0.25) is 0 Å². The Bertz CT molecular complexity index is 900. The van der Waals surface area contributed by atoms with Crippen molar-refractivity contribution in [3.63, 3.8) is 0 Å². The van der Waals surface area contributed by atoms with Gasteiger partial charge in [0.25, 0.3) is 0 Å². The van der Waals surface area contributed by atoms with Gasteiger partial charge < -0.3 is 19.3 Å². The molecule has 0 atom stereocenters. The SMILES string of the molecule is O=C1OC2(CCN(c3ccc(OCCCN4CCCCC4)cc3)CC2)c2cnccc21. The molecule has 1 aromatic carbocycles. The van der Waals surface area contributed by atoms with Gasteiger partial charge in [-0.1, -0.05) is 6.42 Å². The molecule has 0 bridgehead atoms. The lowest BCUT2D eigenvalue weighted by Gasteiger charge is -2.39. The van der Waals surface area contributed by atoms with Gasteiger partial charge >= 0.3 is 5.97 Å². The lowest BCUT2D eigenvalue weighted by molar-refractivity contribution is -0.0211. The zero-order chi connectivity index (χ0) is 21.1. The minimum atomic E-state index is -0.505. The number of anilines is 1. The van der Waals surface area contributed by atoms with Crippen molar-refractivity contribution in [2.75, 3.05) is 44.2 Å². The number of esters is 1. The first-order valence-corrected chi connectivity index (χ1v) is 11.6. The van der Waals surface area contributed by atoms with Crippen LogP contribution in [0.4, 0.5) is 5.69 Å². The highest BCUT2D eigenvalue weighted by molar-refractivity contribution is 5.94. The number of hydrogen-bond donors (Lipinski definition) is 0. The fourth-order valence-electron chi connectivity index (χ4n) is 5.13. The molecule has 0 N–H and O–H groups in total. The largest absolute Gasteiger partial charge is 0.494 e. The maximum Gasteiger partial charge on any atom is 0.339 e. The highest BCUT2D eigenvalue weighted by Crippen LogP contribution is 2.44. The van der Waals surface area contributed by atoms with Gasteiger partial charge in [-0.05, 0) is 62.7 Å². The van der Waals surface area contributed by atoms with Crippen LogP contribution in [0.3, 0.4) is 0 Å². The first kappa shape index (κ1) is 20.3. The summed E-state index contributed by atoms with van der Waals surface area (Å²) >= 11 is 0. The summed E-state index contributed by atoms with van der Waals surface area (Å²) < 4.78 is 11.8. The van der Waals surface area contributed by atoms with Crippen LogP contribution in [-0.4, -0.2) is 55.2 Å². The van der Waals surface area contributed by atoms with Gasteiger partial charge in [0, 0.05) is 56.1 Å². The van der Waals surface area contributed by atoms with Crippen LogP contribution < -0.4 is 9.64 Å². The molecule has 2 saturated heterocycles. The molecule has 0 aliphatic carbocycles. The minimum Gasteiger partial charge on any atom is -0.494 e. The van der Waals surface area contributed by atoms with Gasteiger partial charge in [-0.15, -0.1) is 0 Å². The number of fused-ring (bicyclic) bond motifs is 2. The van der Waals surface area contributed by atoms with E-state index in [2.05, 4.69) is 39.0 Å². The Morgan fingerprint density at radius 2 is 1.77 bits per heavy atom. The van der Waals surface area contributed by atoms with Gasteiger partial charge in [0.15, 0.2) is 0 Å². The molecule has 3 aliphatic heterocycles. The fraction of sp³-hybridized carbons (Fsp3) is 0.520. The number of aromatic nitrogens is 1. The first-order valence-electron chi connectivity index (χ1n) is 11.6. The molecule has 0 saturated carbocycles. The highest BCUT2D eigenvalue weighted by Gasteiger charge is 2.47. The number of ether oxygens (including phenoxy) is 2. The standard InChI is InChI=1S/C25H31N3O3/c29-24-22-9-12-26-19-23(22)25(31-24)10-16-28(17-11-25)20-5-7-21(8-6-20)30-18-4-15-27-13-2-1-3-14-27/h5-9,12,19H,1-4,10-11,13-18H2. The van der Waals surface area contributed by atoms with E-state index in [0.717, 1.165) is 56.8 Å². The lowest BCUT2D eigenvalue weighted by atomic mass is 9.84. The molecule has 1 spiro atoms. The maximum absolute atomic E-state index is 12.2. The van der Waals surface area contributed by atoms with Crippen LogP contribution in [0.15, 0.2) is 42.7 Å². The smallest absolute Gasteiger partial charge is 0.339 e. The van der Waals surface area contributed by atoms with Crippen LogP contribution in [0, 0.1) is 0 Å². The molecule has 6 heteroatoms. The summed E-state index contributed by atoms with van der Waals surface area (Å²) in [6.07, 6.45) is 10.2. The number of benzene rings is 1. The monoisotopic (exact) mass is 421 g/mol. The number of carbonyl (C=O) groups excluding carboxylic acids is 1. The van der Waals surface area contributed by atoms with Gasteiger partial charge in [0.1, 0.15) is 11.4 Å². The van der Waals surface area contributed by atoms with Crippen LogP contribution in [0.5, 0.6) is 5.75 Å². The number of piperidine rings is 2. The van der Waals surface area contributed by atoms with E-state index in [1.165, 1.54) is 38.0 Å². The van der Waals surface area contributed by atoms with E-state index in [1.807, 2.05) is 0 Å². The van der Waals surface area contributed by atoms with Gasteiger partial charge in [0.05, 0.1) is 12.2 Å². The Morgan fingerprint density at radius 1 is 1.00 bits per heavy atom. The van der Waals surface area contributed by atoms with Crippen LogP contribution in [0.2, 0.25) is 0 Å². The summed E-state index contributed by atoms with van der Waals surface area (Å²) in [5, 5.41) is 0. The third kappa shape index (κ3) is 4.26. The Labute approximate surface area is 184 Å². The molecule has 1 aromatic heterocycles. The van der Waals surface area contributed by atoms with Gasteiger partial charge in [-0.25, -0.2) is 4.79 Å². The van der Waals surface area contributed by atoms with Crippen molar-refractivity contribution in [3.8, 4) is 5.75 Å². The molecule has 0 radical (unpaired) electrons. The second kappa shape index (κ2) is 8.87. The van der Waals surface area contributed by atoms with Crippen molar-refractivity contribution in [1.82, 2.24) is 9.88 Å². The van der Waals surface area contributed by atoms with E-state index >= 15 is 0 Å². The molecule has 3 aliphatic rings. The van der Waals surface area contributed by atoms with Crippen molar-refractivity contribution < 1.29 is 14.3 Å². The molecule has 4 heterocycles. The maximum atomic E-state index is 12.2. The topological polar surface area (TPSA) is 54.9 Å². The Morgan fingerprint density at radius 3 is 2.55 bits per heavy atom. The fourth-order valence-corrected chi connectivity index (χ4v) is 5.13. The number of carbonyl (C=O) groups is 1. The molecule has 2 aromatic rings.